The highest BCUT2D eigenvalue weighted by Crippen LogP contribution is 2.32. The Morgan fingerprint density at radius 2 is 1.89 bits per heavy atom. The van der Waals surface area contributed by atoms with Crippen molar-refractivity contribution in [3.63, 3.8) is 0 Å². The van der Waals surface area contributed by atoms with Crippen molar-refractivity contribution in [3.8, 4) is 22.9 Å². The van der Waals surface area contributed by atoms with Gasteiger partial charge < -0.3 is 9.15 Å². The number of aromatic nitrogens is 3. The Balaban J connectivity index is 1.77. The zero-order chi connectivity index (χ0) is 20.0. The second-order valence-corrected chi connectivity index (χ2v) is 6.76. The number of furan rings is 1. The van der Waals surface area contributed by atoms with Gasteiger partial charge in [-0.25, -0.2) is 9.78 Å². The molecule has 0 saturated carbocycles. The molecule has 0 aliphatic carbocycles. The molecular weight excluding hydrogens is 358 g/mol. The first-order valence-electron chi connectivity index (χ1n) is 8.79. The van der Waals surface area contributed by atoms with Crippen LogP contribution in [0.4, 0.5) is 0 Å². The normalized spacial score (nSPS) is 11.1. The molecule has 0 bridgehead atoms. The van der Waals surface area contributed by atoms with Gasteiger partial charge in [0.05, 0.1) is 11.1 Å². The summed E-state index contributed by atoms with van der Waals surface area (Å²) in [5.41, 5.74) is 2.62. The van der Waals surface area contributed by atoms with Crippen molar-refractivity contribution in [2.45, 2.75) is 20.8 Å². The second-order valence-electron chi connectivity index (χ2n) is 6.76. The van der Waals surface area contributed by atoms with Gasteiger partial charge in [0.1, 0.15) is 17.1 Å². The molecule has 0 saturated heterocycles. The number of hydrogen-bond acceptors (Lipinski definition) is 5. The molecule has 7 heteroatoms. The van der Waals surface area contributed by atoms with Gasteiger partial charge in [-0.2, -0.15) is 0 Å². The number of ether oxygens (including phenoxy) is 1. The van der Waals surface area contributed by atoms with Crippen molar-refractivity contribution in [1.29, 1.82) is 0 Å². The summed E-state index contributed by atoms with van der Waals surface area (Å²) in [6.45, 7) is 5.48. The van der Waals surface area contributed by atoms with E-state index in [0.717, 1.165) is 22.3 Å². The molecule has 0 aliphatic rings. The average Bonchev–Trinajstić information content (AvgIpc) is 3.03. The number of aromatic amines is 1. The highest BCUT2D eigenvalue weighted by molar-refractivity contribution is 5.83. The third-order valence-corrected chi connectivity index (χ3v) is 4.76. The van der Waals surface area contributed by atoms with Crippen LogP contribution in [0.15, 0.2) is 50.5 Å². The summed E-state index contributed by atoms with van der Waals surface area (Å²) in [4.78, 5) is 30.6. The van der Waals surface area contributed by atoms with Crippen LogP contribution in [-0.2, 0) is 7.05 Å². The Kier molecular flexibility index (Phi) is 4.15. The smallest absolute Gasteiger partial charge is 0.328 e. The highest BCUT2D eigenvalue weighted by atomic mass is 16.5. The molecule has 0 spiro atoms. The van der Waals surface area contributed by atoms with E-state index in [9.17, 15) is 9.59 Å². The van der Waals surface area contributed by atoms with Crippen LogP contribution in [0, 0.1) is 20.8 Å². The molecule has 0 fully saturated rings. The lowest BCUT2D eigenvalue weighted by Gasteiger charge is -2.14. The van der Waals surface area contributed by atoms with Crippen LogP contribution in [0.2, 0.25) is 0 Å². The number of H-pyrrole nitrogens is 1. The van der Waals surface area contributed by atoms with Gasteiger partial charge >= 0.3 is 5.69 Å². The van der Waals surface area contributed by atoms with Crippen LogP contribution >= 0.6 is 0 Å². The van der Waals surface area contributed by atoms with Gasteiger partial charge in [-0.15, -0.1) is 0 Å². The molecule has 0 radical (unpaired) electrons. The van der Waals surface area contributed by atoms with Gasteiger partial charge in [0.2, 0.25) is 5.88 Å². The van der Waals surface area contributed by atoms with Crippen LogP contribution < -0.4 is 16.0 Å². The topological polar surface area (TPSA) is 90.1 Å². The first-order chi connectivity index (χ1) is 13.3. The SMILES string of the molecule is Cc1cc2c(Oc3ccc(-c4c(C)c(=O)[nH]c(=O)n4C)c(C)c3)nccc2o1. The van der Waals surface area contributed by atoms with Gasteiger partial charge in [-0.1, -0.05) is 0 Å². The molecule has 0 atom stereocenters. The first kappa shape index (κ1) is 17.8. The predicted octanol–water partition coefficient (Wildman–Crippen LogP) is 3.60. The monoisotopic (exact) mass is 377 g/mol. The van der Waals surface area contributed by atoms with E-state index in [2.05, 4.69) is 9.97 Å². The van der Waals surface area contributed by atoms with E-state index in [1.165, 1.54) is 4.57 Å². The summed E-state index contributed by atoms with van der Waals surface area (Å²) < 4.78 is 13.0. The number of aryl methyl sites for hydroxylation is 2. The Morgan fingerprint density at radius 1 is 1.11 bits per heavy atom. The van der Waals surface area contributed by atoms with E-state index < -0.39 is 5.69 Å². The Morgan fingerprint density at radius 3 is 2.64 bits per heavy atom. The molecule has 1 aromatic carbocycles. The fourth-order valence-electron chi connectivity index (χ4n) is 3.34. The van der Waals surface area contributed by atoms with Crippen LogP contribution in [-0.4, -0.2) is 14.5 Å². The lowest BCUT2D eigenvalue weighted by molar-refractivity contribution is 0.468. The van der Waals surface area contributed by atoms with E-state index in [-0.39, 0.29) is 5.56 Å². The van der Waals surface area contributed by atoms with Gasteiger partial charge in [-0.05, 0) is 50.6 Å². The Bertz CT molecular complexity index is 1290. The fraction of sp³-hybridized carbons (Fsp3) is 0.190. The third-order valence-electron chi connectivity index (χ3n) is 4.76. The van der Waals surface area contributed by atoms with Gasteiger partial charge in [0.25, 0.3) is 5.56 Å². The maximum absolute atomic E-state index is 12.0. The van der Waals surface area contributed by atoms with Crippen molar-refractivity contribution in [3.05, 3.63) is 74.3 Å². The van der Waals surface area contributed by atoms with Crippen LogP contribution in [0.5, 0.6) is 11.6 Å². The maximum Gasteiger partial charge on any atom is 0.328 e. The molecule has 1 N–H and O–H groups in total. The average molecular weight is 377 g/mol. The summed E-state index contributed by atoms with van der Waals surface area (Å²) in [5, 5.41) is 0.801. The third kappa shape index (κ3) is 2.90. The van der Waals surface area contributed by atoms with Gasteiger partial charge in [0.15, 0.2) is 0 Å². The zero-order valence-corrected chi connectivity index (χ0v) is 16.0. The van der Waals surface area contributed by atoms with E-state index in [4.69, 9.17) is 9.15 Å². The predicted molar refractivity (Wildman–Crippen MR) is 106 cm³/mol. The number of benzene rings is 1. The summed E-state index contributed by atoms with van der Waals surface area (Å²) >= 11 is 0. The molecule has 7 nitrogen and oxygen atoms in total. The number of rotatable bonds is 3. The Labute approximate surface area is 160 Å². The van der Waals surface area contributed by atoms with E-state index in [1.807, 2.05) is 32.0 Å². The Hall–Kier alpha value is -3.61. The minimum absolute atomic E-state index is 0.385. The number of fused-ring (bicyclic) bond motifs is 1. The fourth-order valence-corrected chi connectivity index (χ4v) is 3.34. The summed E-state index contributed by atoms with van der Waals surface area (Å²) in [6, 6.07) is 9.16. The number of pyridine rings is 1. The van der Waals surface area contributed by atoms with Gasteiger partial charge in [0, 0.05) is 30.4 Å². The van der Waals surface area contributed by atoms with Gasteiger partial charge in [-0.3, -0.25) is 14.3 Å². The van der Waals surface area contributed by atoms with Crippen molar-refractivity contribution in [2.24, 2.45) is 7.05 Å². The van der Waals surface area contributed by atoms with E-state index >= 15 is 0 Å². The maximum atomic E-state index is 12.0. The standard InChI is InChI=1S/C21H19N3O4/c1-11-9-14(28-20-16-10-12(2)27-17(16)7-8-22-20)5-6-15(11)18-13(3)19(25)23-21(26)24(18)4/h5-10H,1-4H3,(H,23,25,26). The summed E-state index contributed by atoms with van der Waals surface area (Å²) in [6.07, 6.45) is 1.64. The molecule has 0 unspecified atom stereocenters. The van der Waals surface area contributed by atoms with Crippen molar-refractivity contribution in [1.82, 2.24) is 14.5 Å². The molecule has 3 heterocycles. The van der Waals surface area contributed by atoms with E-state index in [1.54, 1.807) is 32.3 Å². The minimum Gasteiger partial charge on any atom is -0.461 e. The van der Waals surface area contributed by atoms with Crippen LogP contribution in [0.3, 0.4) is 0 Å². The molecule has 3 aromatic heterocycles. The summed E-state index contributed by atoms with van der Waals surface area (Å²) in [7, 11) is 1.64. The van der Waals surface area contributed by atoms with Crippen molar-refractivity contribution in [2.75, 3.05) is 0 Å². The first-order valence-corrected chi connectivity index (χ1v) is 8.79. The van der Waals surface area contributed by atoms with Crippen molar-refractivity contribution >= 4 is 11.0 Å². The largest absolute Gasteiger partial charge is 0.461 e. The summed E-state index contributed by atoms with van der Waals surface area (Å²) in [5.74, 6) is 1.85. The van der Waals surface area contributed by atoms with Crippen LogP contribution in [0.25, 0.3) is 22.2 Å². The molecule has 0 amide bonds. The zero-order valence-electron chi connectivity index (χ0n) is 16.0. The molecule has 142 valence electrons. The highest BCUT2D eigenvalue weighted by Gasteiger charge is 2.15. The molecule has 4 rings (SSSR count). The lowest BCUT2D eigenvalue weighted by Crippen LogP contribution is -2.31. The quantitative estimate of drug-likeness (QED) is 0.589. The number of nitrogens with one attached hydrogen (secondary N) is 1. The second kappa shape index (κ2) is 6.53. The molecular formula is C21H19N3O4. The van der Waals surface area contributed by atoms with Crippen molar-refractivity contribution < 1.29 is 9.15 Å². The lowest BCUT2D eigenvalue weighted by atomic mass is 10.0. The minimum atomic E-state index is -0.448. The molecule has 4 aromatic rings. The van der Waals surface area contributed by atoms with Crippen LogP contribution in [0.1, 0.15) is 16.9 Å². The number of hydrogen-bond donors (Lipinski definition) is 1. The number of nitrogens with zero attached hydrogens (tertiary/aromatic N) is 2. The molecule has 28 heavy (non-hydrogen) atoms. The van der Waals surface area contributed by atoms with E-state index in [0.29, 0.717) is 28.5 Å². The molecule has 0 aliphatic heterocycles.